The van der Waals surface area contributed by atoms with Crippen molar-refractivity contribution < 1.29 is 9.59 Å². The zero-order chi connectivity index (χ0) is 24.9. The number of piperidine rings is 1. The minimum Gasteiger partial charge on any atom is -0.361 e. The van der Waals surface area contributed by atoms with Crippen molar-refractivity contribution in [2.24, 2.45) is 0 Å². The van der Waals surface area contributed by atoms with Crippen molar-refractivity contribution in [2.45, 2.75) is 25.8 Å². The standard InChI is InChI=1S/C29H27N5O2/c30-17-21-5-4-6-23(15-21)32-24-11-12-25-26(16-24)27(29(36)33-28(25)35)18-31-22-9-7-20(8-10-22)19-34-13-2-1-3-14-34/h4-12,15-16,18,31-32H,1-3,13-14,19H2,(H,33,35,36). The predicted molar refractivity (Wildman–Crippen MR) is 141 cm³/mol. The van der Waals surface area contributed by atoms with Gasteiger partial charge in [0.1, 0.15) is 0 Å². The van der Waals surface area contributed by atoms with Gasteiger partial charge in [0.2, 0.25) is 0 Å². The van der Waals surface area contributed by atoms with Gasteiger partial charge in [0.15, 0.2) is 0 Å². The highest BCUT2D eigenvalue weighted by atomic mass is 16.2. The molecule has 3 N–H and O–H groups in total. The van der Waals surface area contributed by atoms with Crippen molar-refractivity contribution >= 4 is 34.4 Å². The van der Waals surface area contributed by atoms with Crippen LogP contribution in [0.1, 0.15) is 46.3 Å². The van der Waals surface area contributed by atoms with Crippen molar-refractivity contribution in [2.75, 3.05) is 23.7 Å². The summed E-state index contributed by atoms with van der Waals surface area (Å²) in [5.74, 6) is -0.877. The first-order valence-electron chi connectivity index (χ1n) is 12.1. The van der Waals surface area contributed by atoms with Crippen molar-refractivity contribution in [1.82, 2.24) is 10.2 Å². The van der Waals surface area contributed by atoms with E-state index in [4.69, 9.17) is 5.26 Å². The summed E-state index contributed by atoms with van der Waals surface area (Å²) in [4.78, 5) is 27.6. The Labute approximate surface area is 210 Å². The summed E-state index contributed by atoms with van der Waals surface area (Å²) in [7, 11) is 0. The molecule has 1 fully saturated rings. The predicted octanol–water partition coefficient (Wildman–Crippen LogP) is 5.01. The number of fused-ring (bicyclic) bond motifs is 1. The van der Waals surface area contributed by atoms with Gasteiger partial charge in [-0.3, -0.25) is 19.8 Å². The van der Waals surface area contributed by atoms with E-state index in [9.17, 15) is 9.59 Å². The number of carbonyl (C=O) groups excluding carboxylic acids is 2. The molecule has 3 aromatic carbocycles. The molecule has 2 amide bonds. The SMILES string of the molecule is N#Cc1cccc(Nc2ccc3c(c2)C(=CNc2ccc(CN4CCCCC4)cc2)C(=O)NC3=O)c1. The fourth-order valence-corrected chi connectivity index (χ4v) is 4.62. The van der Waals surface area contributed by atoms with E-state index >= 15 is 0 Å². The molecule has 0 saturated carbocycles. The number of hydrogen-bond donors (Lipinski definition) is 3. The average Bonchev–Trinajstić information content (AvgIpc) is 2.90. The number of rotatable bonds is 6. The molecule has 180 valence electrons. The molecule has 0 bridgehead atoms. The monoisotopic (exact) mass is 477 g/mol. The molecule has 0 atom stereocenters. The second-order valence-electron chi connectivity index (χ2n) is 9.10. The molecule has 2 aliphatic heterocycles. The normalized spacial score (nSPS) is 16.7. The lowest BCUT2D eigenvalue weighted by Gasteiger charge is -2.26. The Bertz CT molecular complexity index is 1370. The molecule has 36 heavy (non-hydrogen) atoms. The Balaban J connectivity index is 1.35. The van der Waals surface area contributed by atoms with Gasteiger partial charge in [0.25, 0.3) is 11.8 Å². The molecule has 0 radical (unpaired) electrons. The number of amides is 2. The molecular weight excluding hydrogens is 450 g/mol. The van der Waals surface area contributed by atoms with Gasteiger partial charge in [-0.1, -0.05) is 24.6 Å². The molecule has 3 aromatic rings. The maximum Gasteiger partial charge on any atom is 0.260 e. The molecule has 0 unspecified atom stereocenters. The Hall–Kier alpha value is -4.41. The molecule has 0 spiro atoms. The Morgan fingerprint density at radius 2 is 1.61 bits per heavy atom. The first kappa shape index (κ1) is 23.3. The van der Waals surface area contributed by atoms with Gasteiger partial charge in [-0.05, 0) is 80.0 Å². The minimum atomic E-state index is -0.453. The first-order chi connectivity index (χ1) is 17.6. The van der Waals surface area contributed by atoms with Gasteiger partial charge in [-0.25, -0.2) is 0 Å². The molecule has 7 nitrogen and oxygen atoms in total. The molecule has 2 heterocycles. The second kappa shape index (κ2) is 10.5. The third-order valence-corrected chi connectivity index (χ3v) is 6.50. The van der Waals surface area contributed by atoms with E-state index in [0.717, 1.165) is 31.0 Å². The Morgan fingerprint density at radius 1 is 0.861 bits per heavy atom. The van der Waals surface area contributed by atoms with Crippen molar-refractivity contribution in [3.8, 4) is 6.07 Å². The third kappa shape index (κ3) is 5.29. The van der Waals surface area contributed by atoms with Gasteiger partial charge in [-0.2, -0.15) is 5.26 Å². The van der Waals surface area contributed by atoms with Crippen LogP contribution in [0.25, 0.3) is 5.57 Å². The quantitative estimate of drug-likeness (QED) is 0.341. The van der Waals surface area contributed by atoms with Gasteiger partial charge in [-0.15, -0.1) is 0 Å². The van der Waals surface area contributed by atoms with E-state index in [1.807, 2.05) is 18.2 Å². The number of nitrogens with zero attached hydrogens (tertiary/aromatic N) is 2. The number of nitriles is 1. The summed E-state index contributed by atoms with van der Waals surface area (Å²) in [6.07, 6.45) is 5.49. The van der Waals surface area contributed by atoms with Crippen molar-refractivity contribution in [1.29, 1.82) is 5.26 Å². The van der Waals surface area contributed by atoms with E-state index in [2.05, 4.69) is 39.1 Å². The van der Waals surface area contributed by atoms with Crippen LogP contribution in [-0.2, 0) is 11.3 Å². The zero-order valence-electron chi connectivity index (χ0n) is 19.9. The van der Waals surface area contributed by atoms with Gasteiger partial charge >= 0.3 is 0 Å². The summed E-state index contributed by atoms with van der Waals surface area (Å²) in [6.45, 7) is 3.26. The lowest BCUT2D eigenvalue weighted by Crippen LogP contribution is -2.36. The Kier molecular flexibility index (Phi) is 6.78. The van der Waals surface area contributed by atoms with Crippen LogP contribution >= 0.6 is 0 Å². The van der Waals surface area contributed by atoms with Gasteiger partial charge in [0, 0.05) is 40.9 Å². The minimum absolute atomic E-state index is 0.372. The molecule has 1 saturated heterocycles. The summed E-state index contributed by atoms with van der Waals surface area (Å²) < 4.78 is 0. The van der Waals surface area contributed by atoms with Crippen LogP contribution in [0.4, 0.5) is 17.1 Å². The number of benzene rings is 3. The summed E-state index contributed by atoms with van der Waals surface area (Å²) in [5.41, 5.74) is 5.45. The smallest absolute Gasteiger partial charge is 0.260 e. The highest BCUT2D eigenvalue weighted by Crippen LogP contribution is 2.29. The second-order valence-corrected chi connectivity index (χ2v) is 9.10. The highest BCUT2D eigenvalue weighted by molar-refractivity contribution is 6.31. The maximum absolute atomic E-state index is 12.7. The maximum atomic E-state index is 12.7. The zero-order valence-corrected chi connectivity index (χ0v) is 19.9. The third-order valence-electron chi connectivity index (χ3n) is 6.50. The lowest BCUT2D eigenvalue weighted by atomic mass is 9.94. The van der Waals surface area contributed by atoms with E-state index < -0.39 is 11.8 Å². The number of nitrogens with one attached hydrogen (secondary N) is 3. The van der Waals surface area contributed by atoms with E-state index in [-0.39, 0.29) is 0 Å². The first-order valence-corrected chi connectivity index (χ1v) is 12.1. The highest BCUT2D eigenvalue weighted by Gasteiger charge is 2.27. The van der Waals surface area contributed by atoms with E-state index in [0.29, 0.717) is 28.0 Å². The molecule has 0 aromatic heterocycles. The van der Waals surface area contributed by atoms with Crippen LogP contribution < -0.4 is 16.0 Å². The van der Waals surface area contributed by atoms with E-state index in [1.165, 1.54) is 24.8 Å². The topological polar surface area (TPSA) is 97.3 Å². The summed E-state index contributed by atoms with van der Waals surface area (Å²) >= 11 is 0. The Morgan fingerprint density at radius 3 is 2.39 bits per heavy atom. The number of imide groups is 1. The molecule has 7 heteroatoms. The molecule has 2 aliphatic rings. The van der Waals surface area contributed by atoms with Gasteiger partial charge < -0.3 is 10.6 Å². The van der Waals surface area contributed by atoms with Crippen LogP contribution in [0.5, 0.6) is 0 Å². The fourth-order valence-electron chi connectivity index (χ4n) is 4.62. The lowest BCUT2D eigenvalue weighted by molar-refractivity contribution is -0.114. The van der Waals surface area contributed by atoms with Crippen LogP contribution in [0, 0.1) is 11.3 Å². The van der Waals surface area contributed by atoms with E-state index in [1.54, 1.807) is 42.6 Å². The summed E-state index contributed by atoms with van der Waals surface area (Å²) in [6, 6.07) is 22.7. The fraction of sp³-hybridized carbons (Fsp3) is 0.207. The van der Waals surface area contributed by atoms with Crippen LogP contribution in [-0.4, -0.2) is 29.8 Å². The summed E-state index contributed by atoms with van der Waals surface area (Å²) in [5, 5.41) is 18.0. The largest absolute Gasteiger partial charge is 0.361 e. The number of carbonyl (C=O) groups is 2. The number of anilines is 3. The van der Waals surface area contributed by atoms with Crippen molar-refractivity contribution in [3.63, 3.8) is 0 Å². The van der Waals surface area contributed by atoms with Crippen LogP contribution in [0.2, 0.25) is 0 Å². The van der Waals surface area contributed by atoms with Gasteiger partial charge in [0.05, 0.1) is 17.2 Å². The van der Waals surface area contributed by atoms with Crippen LogP contribution in [0.3, 0.4) is 0 Å². The number of hydrogen-bond acceptors (Lipinski definition) is 6. The molecule has 0 aliphatic carbocycles. The molecule has 5 rings (SSSR count). The van der Waals surface area contributed by atoms with Crippen LogP contribution in [0.15, 0.2) is 72.9 Å². The average molecular weight is 478 g/mol. The number of likely N-dealkylation sites (tertiary alicyclic amines) is 1. The molecular formula is C29H27N5O2. The van der Waals surface area contributed by atoms with Crippen molar-refractivity contribution in [3.05, 3.63) is 95.2 Å².